The first-order valence-electron chi connectivity index (χ1n) is 12.4. The van der Waals surface area contributed by atoms with Crippen molar-refractivity contribution in [1.29, 1.82) is 0 Å². The van der Waals surface area contributed by atoms with Crippen molar-refractivity contribution in [2.24, 2.45) is 28.1 Å². The number of fused-ring (bicyclic) bond motifs is 1. The third-order valence-electron chi connectivity index (χ3n) is 10.9. The number of ether oxygens (including phenoxy) is 4. The molecular weight excluding hydrogens is 436 g/mol. The highest BCUT2D eigenvalue weighted by Crippen LogP contribution is 2.80. The number of hydrogen-bond donors (Lipinski definition) is 0. The molecule has 2 spiro atoms. The lowest BCUT2D eigenvalue weighted by Gasteiger charge is -2.65. The van der Waals surface area contributed by atoms with E-state index in [0.29, 0.717) is 18.8 Å². The molecule has 7 nitrogen and oxygen atoms in total. The molecule has 34 heavy (non-hydrogen) atoms. The minimum atomic E-state index is -0.776. The van der Waals surface area contributed by atoms with E-state index in [1.165, 1.54) is 0 Å². The molecule has 2 saturated carbocycles. The van der Waals surface area contributed by atoms with Crippen molar-refractivity contribution >= 4 is 11.8 Å². The lowest BCUT2D eigenvalue weighted by molar-refractivity contribution is -0.222. The molecule has 5 heterocycles. The first kappa shape index (κ1) is 21.2. The Morgan fingerprint density at radius 3 is 2.56 bits per heavy atom. The molecule has 2 aliphatic carbocycles. The van der Waals surface area contributed by atoms with Gasteiger partial charge in [0.15, 0.2) is 0 Å². The molecule has 0 amide bonds. The summed E-state index contributed by atoms with van der Waals surface area (Å²) in [5.74, 6) is 0.544. The molecule has 0 radical (unpaired) electrons. The number of ketones is 1. The van der Waals surface area contributed by atoms with Crippen LogP contribution in [-0.4, -0.2) is 41.8 Å². The van der Waals surface area contributed by atoms with Gasteiger partial charge >= 0.3 is 5.97 Å². The van der Waals surface area contributed by atoms with E-state index in [2.05, 4.69) is 34.3 Å². The highest BCUT2D eigenvalue weighted by atomic mass is 16.7. The second kappa shape index (κ2) is 5.98. The maximum absolute atomic E-state index is 14.3. The van der Waals surface area contributed by atoms with E-state index in [1.54, 1.807) is 12.5 Å². The molecule has 0 N–H and O–H groups in total. The van der Waals surface area contributed by atoms with E-state index >= 15 is 0 Å². The Bertz CT molecular complexity index is 1120. The maximum Gasteiger partial charge on any atom is 0.308 e. The number of esters is 1. The van der Waals surface area contributed by atoms with Crippen LogP contribution in [0.15, 0.2) is 35.3 Å². The summed E-state index contributed by atoms with van der Waals surface area (Å²) < 4.78 is 30.7. The predicted octanol–water partition coefficient (Wildman–Crippen LogP) is 4.12. The molecule has 6 fully saturated rings. The quantitative estimate of drug-likeness (QED) is 0.452. The molecular formula is C27H32O7. The summed E-state index contributed by atoms with van der Waals surface area (Å²) in [4.78, 5) is 26.6. The van der Waals surface area contributed by atoms with Gasteiger partial charge in [-0.2, -0.15) is 0 Å². The number of furan rings is 1. The first-order chi connectivity index (χ1) is 16.0. The van der Waals surface area contributed by atoms with E-state index in [0.717, 1.165) is 18.4 Å². The molecule has 182 valence electrons. The SMILES string of the molecule is C=C1O[C@@H](c2ccoc2)[C@]2(C)CCC3C45COC(=O)CC4OC(C)(C)C5CC(=O)C3(C)C23OC13. The summed E-state index contributed by atoms with van der Waals surface area (Å²) in [6.07, 6.45) is 4.74. The van der Waals surface area contributed by atoms with Gasteiger partial charge in [0.2, 0.25) is 0 Å². The fraction of sp³-hybridized carbons (Fsp3) is 0.704. The predicted molar refractivity (Wildman–Crippen MR) is 118 cm³/mol. The summed E-state index contributed by atoms with van der Waals surface area (Å²) in [7, 11) is 0. The van der Waals surface area contributed by atoms with E-state index < -0.39 is 27.4 Å². The first-order valence-corrected chi connectivity index (χ1v) is 12.4. The smallest absolute Gasteiger partial charge is 0.308 e. The van der Waals surface area contributed by atoms with Gasteiger partial charge in [-0.3, -0.25) is 9.59 Å². The van der Waals surface area contributed by atoms with Crippen LogP contribution < -0.4 is 0 Å². The van der Waals surface area contributed by atoms with Gasteiger partial charge < -0.3 is 23.4 Å². The van der Waals surface area contributed by atoms with Gasteiger partial charge in [0.05, 0.1) is 36.1 Å². The average molecular weight is 469 g/mol. The zero-order chi connectivity index (χ0) is 23.9. The Balaban J connectivity index is 1.41. The van der Waals surface area contributed by atoms with Crippen LogP contribution in [-0.2, 0) is 28.5 Å². The van der Waals surface area contributed by atoms with Gasteiger partial charge in [-0.1, -0.05) is 13.5 Å². The number of cyclic esters (lactones) is 1. The topological polar surface area (TPSA) is 87.5 Å². The van der Waals surface area contributed by atoms with Gasteiger partial charge in [-0.15, -0.1) is 0 Å². The van der Waals surface area contributed by atoms with E-state index in [4.69, 9.17) is 23.4 Å². The van der Waals surface area contributed by atoms with Crippen LogP contribution in [0.4, 0.5) is 0 Å². The third-order valence-corrected chi connectivity index (χ3v) is 10.9. The Morgan fingerprint density at radius 2 is 1.82 bits per heavy atom. The normalized spacial score (nSPS) is 52.4. The number of carbonyl (C=O) groups excluding carboxylic acids is 2. The number of Topliss-reactive ketones (excluding diaryl/α,β-unsaturated/α-hetero) is 1. The summed E-state index contributed by atoms with van der Waals surface area (Å²) in [6.45, 7) is 12.9. The van der Waals surface area contributed by atoms with Crippen molar-refractivity contribution in [2.45, 2.75) is 82.9 Å². The van der Waals surface area contributed by atoms with Crippen LogP contribution >= 0.6 is 0 Å². The molecule has 1 aromatic heterocycles. The van der Waals surface area contributed by atoms with Crippen LogP contribution in [0.2, 0.25) is 0 Å². The fourth-order valence-electron chi connectivity index (χ4n) is 9.45. The van der Waals surface area contributed by atoms with Gasteiger partial charge in [0.25, 0.3) is 0 Å². The number of epoxide rings is 1. The number of rotatable bonds is 1. The Morgan fingerprint density at radius 1 is 1.03 bits per heavy atom. The van der Waals surface area contributed by atoms with Crippen molar-refractivity contribution in [2.75, 3.05) is 6.61 Å². The number of hydrogen-bond acceptors (Lipinski definition) is 7. The van der Waals surface area contributed by atoms with Crippen molar-refractivity contribution in [3.63, 3.8) is 0 Å². The van der Waals surface area contributed by atoms with Crippen molar-refractivity contribution in [1.82, 2.24) is 0 Å². The highest BCUT2D eigenvalue weighted by Gasteiger charge is 2.88. The summed E-state index contributed by atoms with van der Waals surface area (Å²) in [5.41, 5.74) is -1.91. The van der Waals surface area contributed by atoms with Gasteiger partial charge in [-0.05, 0) is 45.6 Å². The monoisotopic (exact) mass is 468 g/mol. The number of carbonyl (C=O) groups is 2. The molecule has 6 aliphatic rings. The van der Waals surface area contributed by atoms with Gasteiger partial charge in [-0.25, -0.2) is 0 Å². The maximum atomic E-state index is 14.3. The largest absolute Gasteiger partial charge is 0.487 e. The molecule has 9 atom stereocenters. The third kappa shape index (κ3) is 2.03. The van der Waals surface area contributed by atoms with E-state index in [9.17, 15) is 9.59 Å². The van der Waals surface area contributed by atoms with Crippen LogP contribution in [0.3, 0.4) is 0 Å². The van der Waals surface area contributed by atoms with Crippen LogP contribution in [0.5, 0.6) is 0 Å². The lowest BCUT2D eigenvalue weighted by atomic mass is 9.37. The summed E-state index contributed by atoms with van der Waals surface area (Å²) in [5, 5.41) is 0. The molecule has 1 aromatic rings. The molecule has 4 saturated heterocycles. The molecule has 4 aliphatic heterocycles. The van der Waals surface area contributed by atoms with Gasteiger partial charge in [0, 0.05) is 28.7 Å². The van der Waals surface area contributed by atoms with Crippen LogP contribution in [0, 0.1) is 28.1 Å². The Kier molecular flexibility index (Phi) is 3.73. The molecule has 0 bridgehead atoms. The second-order valence-corrected chi connectivity index (χ2v) is 12.3. The standard InChI is InChI=1S/C27H32O7/c1-14-21-27(34-21)24(4,22(32-14)15-7-9-30-12-15)8-6-16-25(27,5)18(28)10-17-23(2,3)33-19-11-20(29)31-13-26(16,17)19/h7,9,12,16-17,19,21-22H,1,6,8,10-11,13H2,2-5H3/t16?,17?,19?,21?,22-,24-,25?,26?,27?/m0/s1. The van der Waals surface area contributed by atoms with Crippen molar-refractivity contribution < 1.29 is 33.0 Å². The molecule has 7 heteroatoms. The lowest BCUT2D eigenvalue weighted by Crippen LogP contribution is -2.72. The zero-order valence-electron chi connectivity index (χ0n) is 20.2. The minimum absolute atomic E-state index is 0.00524. The Labute approximate surface area is 199 Å². The second-order valence-electron chi connectivity index (χ2n) is 12.3. The zero-order valence-corrected chi connectivity index (χ0v) is 20.2. The average Bonchev–Trinajstić information content (AvgIpc) is 3.26. The highest BCUT2D eigenvalue weighted by molar-refractivity contribution is 5.90. The van der Waals surface area contributed by atoms with Crippen LogP contribution in [0.1, 0.15) is 65.0 Å². The molecule has 7 unspecified atom stereocenters. The Hall–Kier alpha value is -2.12. The van der Waals surface area contributed by atoms with E-state index in [1.807, 2.05) is 6.07 Å². The molecule has 0 aromatic carbocycles. The summed E-state index contributed by atoms with van der Waals surface area (Å²) in [6, 6.07) is 1.93. The van der Waals surface area contributed by atoms with E-state index in [-0.39, 0.29) is 48.3 Å². The molecule has 7 rings (SSSR count). The summed E-state index contributed by atoms with van der Waals surface area (Å²) >= 11 is 0. The van der Waals surface area contributed by atoms with Gasteiger partial charge in [0.1, 0.15) is 36.0 Å². The fourth-order valence-corrected chi connectivity index (χ4v) is 9.45. The van der Waals surface area contributed by atoms with Crippen molar-refractivity contribution in [3.05, 3.63) is 36.5 Å². The minimum Gasteiger partial charge on any atom is -0.487 e. The van der Waals surface area contributed by atoms with Crippen molar-refractivity contribution in [3.8, 4) is 0 Å². The van der Waals surface area contributed by atoms with Crippen LogP contribution in [0.25, 0.3) is 0 Å².